The molecule has 27 heavy (non-hydrogen) atoms. The summed E-state index contributed by atoms with van der Waals surface area (Å²) < 4.78 is 2.15. The highest BCUT2D eigenvalue weighted by molar-refractivity contribution is 6.42. The van der Waals surface area contributed by atoms with Gasteiger partial charge in [-0.1, -0.05) is 46.9 Å². The SMILES string of the molecule is Cc1ccc(Cl)cc1-n1c(C)cc(/C=C(/C#N)c2ccc(Cl)c(Cl)c2)c1C. The Balaban J connectivity index is 2.13. The van der Waals surface area contributed by atoms with Crippen molar-refractivity contribution in [2.75, 3.05) is 0 Å². The average Bonchev–Trinajstić information content (AvgIpc) is 2.91. The summed E-state index contributed by atoms with van der Waals surface area (Å²) in [6.45, 7) is 6.12. The standard InChI is InChI=1S/C22H17Cl3N2/c1-13-4-6-19(23)11-22(13)27-14(2)8-17(15(27)3)9-18(12-26)16-5-7-20(24)21(25)10-16/h4-11H,1-3H3/b18-9-. The predicted molar refractivity (Wildman–Crippen MR) is 115 cm³/mol. The van der Waals surface area contributed by atoms with Crippen molar-refractivity contribution in [3.05, 3.63) is 85.6 Å². The second-order valence-corrected chi connectivity index (χ2v) is 7.64. The lowest BCUT2D eigenvalue weighted by Gasteiger charge is -2.13. The molecule has 0 spiro atoms. The van der Waals surface area contributed by atoms with Crippen molar-refractivity contribution in [1.82, 2.24) is 4.57 Å². The second kappa shape index (κ2) is 7.82. The van der Waals surface area contributed by atoms with E-state index in [0.29, 0.717) is 20.6 Å². The normalized spacial score (nSPS) is 11.5. The average molecular weight is 416 g/mol. The molecule has 136 valence electrons. The quantitative estimate of drug-likeness (QED) is 0.409. The fraction of sp³-hybridized carbons (Fsp3) is 0.136. The summed E-state index contributed by atoms with van der Waals surface area (Å²) in [7, 11) is 0. The van der Waals surface area contributed by atoms with Crippen LogP contribution < -0.4 is 0 Å². The smallest absolute Gasteiger partial charge is 0.0998 e. The summed E-state index contributed by atoms with van der Waals surface area (Å²) in [4.78, 5) is 0. The molecule has 2 aromatic carbocycles. The van der Waals surface area contributed by atoms with E-state index in [1.165, 1.54) is 0 Å². The number of allylic oxidation sites excluding steroid dienone is 1. The van der Waals surface area contributed by atoms with E-state index in [4.69, 9.17) is 34.8 Å². The largest absolute Gasteiger partial charge is 0.318 e. The Kier molecular flexibility index (Phi) is 5.67. The molecule has 0 amide bonds. The number of aromatic nitrogens is 1. The minimum Gasteiger partial charge on any atom is -0.318 e. The van der Waals surface area contributed by atoms with Crippen LogP contribution in [0.4, 0.5) is 0 Å². The summed E-state index contributed by atoms with van der Waals surface area (Å²) in [6, 6.07) is 15.4. The first-order chi connectivity index (χ1) is 12.8. The number of hydrogen-bond acceptors (Lipinski definition) is 1. The first-order valence-electron chi connectivity index (χ1n) is 8.34. The molecule has 2 nitrogen and oxygen atoms in total. The maximum absolute atomic E-state index is 9.65. The van der Waals surface area contributed by atoms with Gasteiger partial charge in [0.05, 0.1) is 21.7 Å². The molecule has 1 aromatic heterocycles. The van der Waals surface area contributed by atoms with Crippen molar-refractivity contribution in [2.45, 2.75) is 20.8 Å². The van der Waals surface area contributed by atoms with E-state index in [0.717, 1.165) is 33.8 Å². The van der Waals surface area contributed by atoms with E-state index in [1.807, 2.05) is 38.1 Å². The van der Waals surface area contributed by atoms with E-state index in [1.54, 1.807) is 18.2 Å². The fourth-order valence-corrected chi connectivity index (χ4v) is 3.59. The Labute approximate surface area is 174 Å². The van der Waals surface area contributed by atoms with Gasteiger partial charge in [-0.2, -0.15) is 5.26 Å². The van der Waals surface area contributed by atoms with Gasteiger partial charge >= 0.3 is 0 Å². The molecule has 3 aromatic rings. The van der Waals surface area contributed by atoms with E-state index in [9.17, 15) is 5.26 Å². The van der Waals surface area contributed by atoms with E-state index in [-0.39, 0.29) is 0 Å². The molecular weight excluding hydrogens is 399 g/mol. The van der Waals surface area contributed by atoms with Gasteiger partial charge in [0.1, 0.15) is 0 Å². The number of nitriles is 1. The van der Waals surface area contributed by atoms with Gasteiger partial charge in [-0.15, -0.1) is 0 Å². The van der Waals surface area contributed by atoms with Gasteiger partial charge in [0, 0.05) is 22.1 Å². The highest BCUT2D eigenvalue weighted by atomic mass is 35.5. The zero-order valence-corrected chi connectivity index (χ0v) is 17.4. The van der Waals surface area contributed by atoms with E-state index < -0.39 is 0 Å². The van der Waals surface area contributed by atoms with Gasteiger partial charge < -0.3 is 4.57 Å². The van der Waals surface area contributed by atoms with Crippen molar-refractivity contribution in [3.8, 4) is 11.8 Å². The molecule has 3 rings (SSSR count). The first-order valence-corrected chi connectivity index (χ1v) is 9.48. The second-order valence-electron chi connectivity index (χ2n) is 6.39. The predicted octanol–water partition coefficient (Wildman–Crippen LogP) is 7.43. The van der Waals surface area contributed by atoms with Gasteiger partial charge in [-0.05, 0) is 73.9 Å². The van der Waals surface area contributed by atoms with Gasteiger partial charge in [0.25, 0.3) is 0 Å². The minimum atomic E-state index is 0.426. The third kappa shape index (κ3) is 3.92. The number of nitrogens with zero attached hydrogens (tertiary/aromatic N) is 2. The maximum atomic E-state index is 9.65. The van der Waals surface area contributed by atoms with Crippen LogP contribution in [0.2, 0.25) is 15.1 Å². The zero-order chi connectivity index (χ0) is 19.7. The van der Waals surface area contributed by atoms with Crippen LogP contribution in [-0.2, 0) is 0 Å². The van der Waals surface area contributed by atoms with Crippen molar-refractivity contribution < 1.29 is 0 Å². The lowest BCUT2D eigenvalue weighted by atomic mass is 10.0. The highest BCUT2D eigenvalue weighted by Crippen LogP contribution is 2.30. The molecule has 0 N–H and O–H groups in total. The van der Waals surface area contributed by atoms with Gasteiger partial charge in [-0.3, -0.25) is 0 Å². The summed E-state index contributed by atoms with van der Waals surface area (Å²) >= 11 is 18.3. The van der Waals surface area contributed by atoms with E-state index in [2.05, 4.69) is 23.6 Å². The number of hydrogen-bond donors (Lipinski definition) is 0. The molecule has 0 fully saturated rings. The molecule has 0 aliphatic heterocycles. The molecular formula is C22H17Cl3N2. The van der Waals surface area contributed by atoms with Crippen LogP contribution in [-0.4, -0.2) is 4.57 Å². The Hall–Kier alpha value is -2.18. The third-order valence-electron chi connectivity index (χ3n) is 4.53. The summed E-state index contributed by atoms with van der Waals surface area (Å²) in [5.74, 6) is 0. The molecule has 0 aliphatic rings. The molecule has 0 aliphatic carbocycles. The topological polar surface area (TPSA) is 28.7 Å². The van der Waals surface area contributed by atoms with Crippen molar-refractivity contribution in [3.63, 3.8) is 0 Å². The summed E-state index contributed by atoms with van der Waals surface area (Å²) in [5.41, 5.74) is 6.48. The molecule has 0 radical (unpaired) electrons. The lowest BCUT2D eigenvalue weighted by Crippen LogP contribution is -2.01. The minimum absolute atomic E-state index is 0.426. The van der Waals surface area contributed by atoms with Gasteiger partial charge in [0.2, 0.25) is 0 Å². The van der Waals surface area contributed by atoms with Gasteiger partial charge in [-0.25, -0.2) is 0 Å². The van der Waals surface area contributed by atoms with Crippen LogP contribution in [0.15, 0.2) is 42.5 Å². The Morgan fingerprint density at radius 3 is 2.37 bits per heavy atom. The maximum Gasteiger partial charge on any atom is 0.0998 e. The Morgan fingerprint density at radius 1 is 0.963 bits per heavy atom. The molecule has 0 bridgehead atoms. The molecule has 0 saturated heterocycles. The molecule has 0 saturated carbocycles. The molecule has 0 atom stereocenters. The number of halogens is 3. The Bertz CT molecular complexity index is 1100. The highest BCUT2D eigenvalue weighted by Gasteiger charge is 2.13. The van der Waals surface area contributed by atoms with Crippen molar-refractivity contribution in [1.29, 1.82) is 5.26 Å². The van der Waals surface area contributed by atoms with E-state index >= 15 is 0 Å². The van der Waals surface area contributed by atoms with Crippen LogP contribution >= 0.6 is 34.8 Å². The fourth-order valence-electron chi connectivity index (χ4n) is 3.13. The monoisotopic (exact) mass is 414 g/mol. The lowest BCUT2D eigenvalue weighted by molar-refractivity contribution is 0.954. The van der Waals surface area contributed by atoms with Crippen molar-refractivity contribution >= 4 is 46.5 Å². The van der Waals surface area contributed by atoms with Crippen LogP contribution in [0, 0.1) is 32.1 Å². The van der Waals surface area contributed by atoms with Crippen LogP contribution in [0.25, 0.3) is 17.3 Å². The molecule has 1 heterocycles. The number of rotatable bonds is 3. The van der Waals surface area contributed by atoms with Gasteiger partial charge in [0.15, 0.2) is 0 Å². The van der Waals surface area contributed by atoms with Crippen molar-refractivity contribution in [2.24, 2.45) is 0 Å². The molecule has 5 heteroatoms. The number of aryl methyl sites for hydroxylation is 2. The Morgan fingerprint density at radius 2 is 1.70 bits per heavy atom. The van der Waals surface area contributed by atoms with Crippen LogP contribution in [0.3, 0.4) is 0 Å². The summed E-state index contributed by atoms with van der Waals surface area (Å²) in [5, 5.41) is 11.2. The summed E-state index contributed by atoms with van der Waals surface area (Å²) in [6.07, 6.45) is 1.87. The number of benzene rings is 2. The third-order valence-corrected chi connectivity index (χ3v) is 5.51. The zero-order valence-electron chi connectivity index (χ0n) is 15.1. The van der Waals surface area contributed by atoms with Crippen LogP contribution in [0.5, 0.6) is 0 Å². The molecule has 0 unspecified atom stereocenters. The first kappa shape index (κ1) is 19.6. The van der Waals surface area contributed by atoms with Crippen LogP contribution in [0.1, 0.15) is 28.1 Å².